The van der Waals surface area contributed by atoms with Crippen molar-refractivity contribution in [1.82, 2.24) is 9.80 Å². The van der Waals surface area contributed by atoms with Crippen LogP contribution in [0.2, 0.25) is 4.34 Å². The van der Waals surface area contributed by atoms with Gasteiger partial charge in [0.15, 0.2) is 11.5 Å². The van der Waals surface area contributed by atoms with Crippen LogP contribution in [0.25, 0.3) is 0 Å². The van der Waals surface area contributed by atoms with Crippen molar-refractivity contribution in [2.24, 2.45) is 0 Å². The van der Waals surface area contributed by atoms with E-state index in [2.05, 4.69) is 11.0 Å². The molecule has 164 valence electrons. The Kier molecular flexibility index (Phi) is 8.24. The maximum atomic E-state index is 13.2. The largest absolute Gasteiger partial charge is 0.490 e. The number of hydrogen-bond acceptors (Lipinski definition) is 6. The number of carbonyl (C=O) groups is 1. The molecular formula is C22H29ClN2O4S. The molecule has 0 bridgehead atoms. The fraction of sp³-hybridized carbons (Fsp3) is 0.500. The van der Waals surface area contributed by atoms with Gasteiger partial charge in [-0.1, -0.05) is 11.6 Å². The van der Waals surface area contributed by atoms with Crippen LogP contribution < -0.4 is 14.2 Å². The highest BCUT2D eigenvalue weighted by Gasteiger charge is 2.25. The van der Waals surface area contributed by atoms with E-state index in [1.54, 1.807) is 23.5 Å². The van der Waals surface area contributed by atoms with E-state index in [0.717, 1.165) is 24.0 Å². The van der Waals surface area contributed by atoms with Crippen molar-refractivity contribution < 1.29 is 19.0 Å². The lowest BCUT2D eigenvalue weighted by Crippen LogP contribution is -2.48. The van der Waals surface area contributed by atoms with E-state index in [1.165, 1.54) is 4.88 Å². The number of amides is 1. The molecule has 3 rings (SSSR count). The Hall–Kier alpha value is -1.96. The molecule has 0 spiro atoms. The number of rotatable bonds is 9. The fourth-order valence-electron chi connectivity index (χ4n) is 3.46. The van der Waals surface area contributed by atoms with E-state index in [9.17, 15) is 4.79 Å². The summed E-state index contributed by atoms with van der Waals surface area (Å²) in [7, 11) is 0. The smallest absolute Gasteiger partial charge is 0.254 e. The Morgan fingerprint density at radius 1 is 0.967 bits per heavy atom. The normalized spacial score (nSPS) is 14.6. The Balaban J connectivity index is 1.71. The maximum absolute atomic E-state index is 13.2. The summed E-state index contributed by atoms with van der Waals surface area (Å²) < 4.78 is 18.0. The number of nitrogens with zero attached hydrogens (tertiary/aromatic N) is 2. The zero-order valence-corrected chi connectivity index (χ0v) is 19.4. The summed E-state index contributed by atoms with van der Waals surface area (Å²) >= 11 is 7.64. The standard InChI is InChI=1S/C22H29ClN2O4S/c1-4-27-18-13-16(14-19(28-5-2)21(18)29-6-3)22(26)25-11-9-24(10-12-25)15-17-7-8-20(23)30-17/h7-8,13-14H,4-6,9-12,15H2,1-3H3. The SMILES string of the molecule is CCOc1cc(C(=O)N2CCN(Cc3ccc(Cl)s3)CC2)cc(OCC)c1OCC. The first-order valence-electron chi connectivity index (χ1n) is 10.4. The predicted octanol–water partition coefficient (Wildman–Crippen LogP) is 4.56. The van der Waals surface area contributed by atoms with Gasteiger partial charge < -0.3 is 19.1 Å². The van der Waals surface area contributed by atoms with Crippen LogP contribution in [0.1, 0.15) is 36.0 Å². The van der Waals surface area contributed by atoms with Crippen LogP contribution in [0.4, 0.5) is 0 Å². The second-order valence-electron chi connectivity index (χ2n) is 6.87. The van der Waals surface area contributed by atoms with Crippen LogP contribution in [-0.2, 0) is 6.54 Å². The summed E-state index contributed by atoms with van der Waals surface area (Å²) in [5.41, 5.74) is 0.559. The van der Waals surface area contributed by atoms with Gasteiger partial charge in [0.1, 0.15) is 0 Å². The van der Waals surface area contributed by atoms with E-state index in [0.29, 0.717) is 55.7 Å². The van der Waals surface area contributed by atoms with E-state index in [-0.39, 0.29) is 5.91 Å². The fourth-order valence-corrected chi connectivity index (χ4v) is 4.59. The van der Waals surface area contributed by atoms with Gasteiger partial charge in [-0.05, 0) is 45.0 Å². The van der Waals surface area contributed by atoms with Gasteiger partial charge in [0.2, 0.25) is 5.75 Å². The van der Waals surface area contributed by atoms with Gasteiger partial charge in [-0.3, -0.25) is 9.69 Å². The monoisotopic (exact) mass is 452 g/mol. The van der Waals surface area contributed by atoms with Crippen molar-refractivity contribution >= 4 is 28.8 Å². The van der Waals surface area contributed by atoms with Crippen molar-refractivity contribution in [3.8, 4) is 17.2 Å². The lowest BCUT2D eigenvalue weighted by atomic mass is 10.1. The summed E-state index contributed by atoms with van der Waals surface area (Å²) in [5, 5.41) is 0. The summed E-state index contributed by atoms with van der Waals surface area (Å²) in [4.78, 5) is 18.7. The molecule has 1 aromatic heterocycles. The lowest BCUT2D eigenvalue weighted by Gasteiger charge is -2.34. The van der Waals surface area contributed by atoms with Crippen LogP contribution in [-0.4, -0.2) is 61.7 Å². The molecule has 2 aromatic rings. The molecule has 0 radical (unpaired) electrons. The van der Waals surface area contributed by atoms with Crippen LogP contribution in [0.15, 0.2) is 24.3 Å². The number of carbonyl (C=O) groups excluding carboxylic acids is 1. The molecule has 1 aliphatic heterocycles. The Bertz CT molecular complexity index is 822. The Morgan fingerprint density at radius 3 is 2.07 bits per heavy atom. The molecule has 1 aliphatic rings. The zero-order valence-electron chi connectivity index (χ0n) is 17.8. The average molecular weight is 453 g/mol. The quantitative estimate of drug-likeness (QED) is 0.558. The molecule has 1 aromatic carbocycles. The van der Waals surface area contributed by atoms with E-state index >= 15 is 0 Å². The Labute approximate surface area is 187 Å². The van der Waals surface area contributed by atoms with Crippen LogP contribution in [0.3, 0.4) is 0 Å². The summed E-state index contributed by atoms with van der Waals surface area (Å²) in [5.74, 6) is 1.62. The molecule has 0 saturated carbocycles. The van der Waals surface area contributed by atoms with Gasteiger partial charge in [-0.15, -0.1) is 11.3 Å². The minimum atomic E-state index is -0.0150. The minimum Gasteiger partial charge on any atom is -0.490 e. The third-order valence-corrected chi connectivity index (χ3v) is 6.04. The van der Waals surface area contributed by atoms with Gasteiger partial charge >= 0.3 is 0 Å². The summed E-state index contributed by atoms with van der Waals surface area (Å²) in [6.45, 7) is 11.1. The molecule has 6 nitrogen and oxygen atoms in total. The van der Waals surface area contributed by atoms with Gasteiger partial charge in [-0.25, -0.2) is 0 Å². The molecule has 0 atom stereocenters. The number of ether oxygens (including phenoxy) is 3. The third-order valence-electron chi connectivity index (χ3n) is 4.82. The van der Waals surface area contributed by atoms with E-state index in [1.807, 2.05) is 31.7 Å². The highest BCUT2D eigenvalue weighted by Crippen LogP contribution is 2.39. The third kappa shape index (κ3) is 5.59. The van der Waals surface area contributed by atoms with Gasteiger partial charge in [0.25, 0.3) is 5.91 Å². The highest BCUT2D eigenvalue weighted by atomic mass is 35.5. The number of thiophene rings is 1. The van der Waals surface area contributed by atoms with Gasteiger partial charge in [0, 0.05) is 43.2 Å². The molecular weight excluding hydrogens is 424 g/mol. The molecule has 1 saturated heterocycles. The first-order chi connectivity index (χ1) is 14.5. The number of piperazine rings is 1. The second-order valence-corrected chi connectivity index (χ2v) is 8.67. The van der Waals surface area contributed by atoms with Crippen LogP contribution in [0, 0.1) is 0 Å². The van der Waals surface area contributed by atoms with E-state index in [4.69, 9.17) is 25.8 Å². The van der Waals surface area contributed by atoms with E-state index < -0.39 is 0 Å². The summed E-state index contributed by atoms with van der Waals surface area (Å²) in [6, 6.07) is 7.52. The van der Waals surface area contributed by atoms with Crippen molar-refractivity contribution in [1.29, 1.82) is 0 Å². The first-order valence-corrected chi connectivity index (χ1v) is 11.6. The van der Waals surface area contributed by atoms with Gasteiger partial charge in [-0.2, -0.15) is 0 Å². The van der Waals surface area contributed by atoms with Crippen molar-refractivity contribution in [2.75, 3.05) is 46.0 Å². The zero-order chi connectivity index (χ0) is 21.5. The summed E-state index contributed by atoms with van der Waals surface area (Å²) in [6.07, 6.45) is 0. The van der Waals surface area contributed by atoms with Crippen LogP contribution in [0.5, 0.6) is 17.2 Å². The average Bonchev–Trinajstić information content (AvgIpc) is 3.15. The topological polar surface area (TPSA) is 51.2 Å². The second kappa shape index (κ2) is 10.9. The van der Waals surface area contributed by atoms with Crippen molar-refractivity contribution in [2.45, 2.75) is 27.3 Å². The highest BCUT2D eigenvalue weighted by molar-refractivity contribution is 7.16. The maximum Gasteiger partial charge on any atom is 0.254 e. The molecule has 8 heteroatoms. The molecule has 1 fully saturated rings. The molecule has 0 unspecified atom stereocenters. The van der Waals surface area contributed by atoms with Gasteiger partial charge in [0.05, 0.1) is 24.2 Å². The number of halogens is 1. The predicted molar refractivity (Wildman–Crippen MR) is 120 cm³/mol. The minimum absolute atomic E-state index is 0.0150. The molecule has 0 N–H and O–H groups in total. The van der Waals surface area contributed by atoms with Crippen molar-refractivity contribution in [3.05, 3.63) is 39.0 Å². The van der Waals surface area contributed by atoms with Crippen LogP contribution >= 0.6 is 22.9 Å². The first kappa shape index (κ1) is 22.7. The number of benzene rings is 1. The molecule has 1 amide bonds. The molecule has 2 heterocycles. The molecule has 30 heavy (non-hydrogen) atoms. The molecule has 0 aliphatic carbocycles. The Morgan fingerprint density at radius 2 is 1.57 bits per heavy atom. The van der Waals surface area contributed by atoms with Crippen molar-refractivity contribution in [3.63, 3.8) is 0 Å². The number of hydrogen-bond donors (Lipinski definition) is 0. The lowest BCUT2D eigenvalue weighted by molar-refractivity contribution is 0.0628.